The molecule has 3 rings (SSSR count). The summed E-state index contributed by atoms with van der Waals surface area (Å²) < 4.78 is 38.4. The van der Waals surface area contributed by atoms with Crippen LogP contribution in [-0.2, 0) is 9.59 Å². The van der Waals surface area contributed by atoms with Gasteiger partial charge in [-0.3, -0.25) is 9.59 Å². The molecule has 2 amide bonds. The average Bonchev–Trinajstić information content (AvgIpc) is 3.32. The molecule has 5 nitrogen and oxygen atoms in total. The number of hydrogen-bond acceptors (Lipinski definition) is 3. The zero-order valence-corrected chi connectivity index (χ0v) is 17.2. The minimum absolute atomic E-state index is 0. The smallest absolute Gasteiger partial charge is 0.342 e. The van der Waals surface area contributed by atoms with Crippen LogP contribution in [0.25, 0.3) is 0 Å². The monoisotopic (exact) mass is 425 g/mol. The molecule has 28 heavy (non-hydrogen) atoms. The maximum Gasteiger partial charge on any atom is 0.406 e. The quantitative estimate of drug-likeness (QED) is 0.737. The van der Waals surface area contributed by atoms with Crippen LogP contribution >= 0.6 is 12.4 Å². The van der Waals surface area contributed by atoms with Gasteiger partial charge < -0.3 is 15.1 Å². The normalized spacial score (nSPS) is 26.5. The Hall–Kier alpha value is -1.02. The van der Waals surface area contributed by atoms with Crippen molar-refractivity contribution in [2.75, 3.05) is 39.3 Å². The van der Waals surface area contributed by atoms with Crippen LogP contribution in [-0.4, -0.2) is 67.1 Å². The van der Waals surface area contributed by atoms with E-state index in [0.717, 1.165) is 37.3 Å². The largest absolute Gasteiger partial charge is 0.406 e. The van der Waals surface area contributed by atoms with Crippen molar-refractivity contribution in [2.24, 2.45) is 17.3 Å². The van der Waals surface area contributed by atoms with Crippen LogP contribution in [0.4, 0.5) is 13.2 Å². The van der Waals surface area contributed by atoms with Gasteiger partial charge in [-0.25, -0.2) is 0 Å². The number of rotatable bonds is 5. The highest BCUT2D eigenvalue weighted by atomic mass is 35.5. The summed E-state index contributed by atoms with van der Waals surface area (Å²) in [6.45, 7) is 3.41. The molecule has 162 valence electrons. The molecule has 0 aromatic rings. The Morgan fingerprint density at radius 3 is 2.54 bits per heavy atom. The van der Waals surface area contributed by atoms with Gasteiger partial charge in [0.1, 0.15) is 6.54 Å². The lowest BCUT2D eigenvalue weighted by Crippen LogP contribution is -2.49. The highest BCUT2D eigenvalue weighted by Gasteiger charge is 2.58. The Labute approximate surface area is 170 Å². The van der Waals surface area contributed by atoms with Crippen molar-refractivity contribution in [3.63, 3.8) is 0 Å². The minimum atomic E-state index is -4.40. The maximum atomic E-state index is 12.9. The molecule has 9 heteroatoms. The average molecular weight is 426 g/mol. The number of halogens is 4. The molecule has 0 radical (unpaired) electrons. The lowest BCUT2D eigenvalue weighted by atomic mass is 9.90. The van der Waals surface area contributed by atoms with Crippen LogP contribution in [0.2, 0.25) is 0 Å². The number of amides is 2. The van der Waals surface area contributed by atoms with E-state index in [1.54, 1.807) is 11.8 Å². The van der Waals surface area contributed by atoms with Crippen LogP contribution in [0, 0.1) is 17.3 Å². The molecule has 1 saturated carbocycles. The summed E-state index contributed by atoms with van der Waals surface area (Å²) in [7, 11) is 0. The van der Waals surface area contributed by atoms with Crippen molar-refractivity contribution < 1.29 is 22.8 Å². The first kappa shape index (κ1) is 23.3. The van der Waals surface area contributed by atoms with Gasteiger partial charge in [0.05, 0.1) is 5.92 Å². The van der Waals surface area contributed by atoms with Crippen molar-refractivity contribution in [3.8, 4) is 0 Å². The Balaban J connectivity index is 0.00000280. The Morgan fingerprint density at radius 1 is 1.25 bits per heavy atom. The lowest BCUT2D eigenvalue weighted by molar-refractivity contribution is -0.165. The van der Waals surface area contributed by atoms with E-state index in [1.807, 2.05) is 0 Å². The topological polar surface area (TPSA) is 52.7 Å². The molecule has 2 unspecified atom stereocenters. The second-order valence-electron chi connectivity index (χ2n) is 8.37. The standard InChI is InChI=1S/C19H30F3N3O2.ClH/c1-2-9-25(13-19(20,21)22)16(26)14-4-3-10-24(12-14)17(27)15-11-18(15)5-7-23-8-6-18;/h14-15,23H,2-13H2,1H3;1H. The van der Waals surface area contributed by atoms with E-state index in [-0.39, 0.29) is 42.7 Å². The van der Waals surface area contributed by atoms with E-state index >= 15 is 0 Å². The van der Waals surface area contributed by atoms with Crippen LogP contribution < -0.4 is 5.32 Å². The van der Waals surface area contributed by atoms with Gasteiger partial charge in [0.2, 0.25) is 11.8 Å². The zero-order valence-electron chi connectivity index (χ0n) is 16.4. The number of nitrogens with one attached hydrogen (secondary N) is 1. The van der Waals surface area contributed by atoms with Gasteiger partial charge in [-0.15, -0.1) is 12.4 Å². The Bertz CT molecular complexity index is 567. The van der Waals surface area contributed by atoms with Gasteiger partial charge >= 0.3 is 6.18 Å². The molecule has 2 saturated heterocycles. The van der Waals surface area contributed by atoms with Crippen molar-refractivity contribution in [3.05, 3.63) is 0 Å². The summed E-state index contributed by atoms with van der Waals surface area (Å²) in [5.41, 5.74) is 0.129. The lowest BCUT2D eigenvalue weighted by Gasteiger charge is -2.36. The number of carbonyl (C=O) groups is 2. The molecule has 3 aliphatic rings. The summed E-state index contributed by atoms with van der Waals surface area (Å²) in [5.74, 6) is -0.832. The molecule has 0 aromatic carbocycles. The third-order valence-electron chi connectivity index (χ3n) is 6.34. The fraction of sp³-hybridized carbons (Fsp3) is 0.895. The molecule has 1 N–H and O–H groups in total. The molecular formula is C19H31ClF3N3O2. The first-order valence-electron chi connectivity index (χ1n) is 10.1. The molecular weight excluding hydrogens is 395 g/mol. The van der Waals surface area contributed by atoms with Gasteiger partial charge in [0, 0.05) is 25.6 Å². The fourth-order valence-electron chi connectivity index (χ4n) is 4.79. The second kappa shape index (κ2) is 9.20. The van der Waals surface area contributed by atoms with Gasteiger partial charge in [-0.1, -0.05) is 6.92 Å². The summed E-state index contributed by atoms with van der Waals surface area (Å²) in [4.78, 5) is 28.3. The number of carbonyl (C=O) groups excluding carboxylic acids is 2. The third-order valence-corrected chi connectivity index (χ3v) is 6.34. The number of nitrogens with zero attached hydrogens (tertiary/aromatic N) is 2. The van der Waals surface area contributed by atoms with E-state index < -0.39 is 24.5 Å². The molecule has 0 aromatic heterocycles. The predicted octanol–water partition coefficient (Wildman–Crippen LogP) is 2.84. The van der Waals surface area contributed by atoms with E-state index in [9.17, 15) is 22.8 Å². The molecule has 2 aliphatic heterocycles. The van der Waals surface area contributed by atoms with Gasteiger partial charge in [0.15, 0.2) is 0 Å². The van der Waals surface area contributed by atoms with Crippen LogP contribution in [0.15, 0.2) is 0 Å². The Kier molecular flexibility index (Phi) is 7.64. The third kappa shape index (κ3) is 5.32. The van der Waals surface area contributed by atoms with Crippen LogP contribution in [0.5, 0.6) is 0 Å². The summed E-state index contributed by atoms with van der Waals surface area (Å²) >= 11 is 0. The second-order valence-corrected chi connectivity index (χ2v) is 8.37. The highest BCUT2D eigenvalue weighted by molar-refractivity contribution is 5.85. The first-order chi connectivity index (χ1) is 12.8. The Morgan fingerprint density at radius 2 is 1.93 bits per heavy atom. The van der Waals surface area contributed by atoms with Crippen LogP contribution in [0.1, 0.15) is 45.4 Å². The SMILES string of the molecule is CCCN(CC(F)(F)F)C(=O)C1CCCN(C(=O)C2CC23CCNCC3)C1.Cl. The van der Waals surface area contributed by atoms with E-state index in [4.69, 9.17) is 0 Å². The predicted molar refractivity (Wildman–Crippen MR) is 102 cm³/mol. The summed E-state index contributed by atoms with van der Waals surface area (Å²) in [5, 5.41) is 3.32. The van der Waals surface area contributed by atoms with Crippen molar-refractivity contribution in [1.29, 1.82) is 0 Å². The maximum absolute atomic E-state index is 12.9. The molecule has 2 atom stereocenters. The van der Waals surface area contributed by atoms with Crippen molar-refractivity contribution in [2.45, 2.75) is 51.6 Å². The summed E-state index contributed by atoms with van der Waals surface area (Å²) in [6.07, 6.45) is 0.250. The van der Waals surface area contributed by atoms with E-state index in [1.165, 1.54) is 0 Å². The van der Waals surface area contributed by atoms with Crippen molar-refractivity contribution in [1.82, 2.24) is 15.1 Å². The first-order valence-corrected chi connectivity index (χ1v) is 10.1. The highest BCUT2D eigenvalue weighted by Crippen LogP contribution is 2.59. The number of likely N-dealkylation sites (tertiary alicyclic amines) is 1. The minimum Gasteiger partial charge on any atom is -0.342 e. The number of hydrogen-bond donors (Lipinski definition) is 1. The molecule has 3 fully saturated rings. The molecule has 1 spiro atoms. The van der Waals surface area contributed by atoms with E-state index in [2.05, 4.69) is 5.32 Å². The molecule has 1 aliphatic carbocycles. The van der Waals surface area contributed by atoms with Gasteiger partial charge in [0.25, 0.3) is 0 Å². The van der Waals surface area contributed by atoms with Gasteiger partial charge in [-0.2, -0.15) is 13.2 Å². The van der Waals surface area contributed by atoms with Crippen LogP contribution in [0.3, 0.4) is 0 Å². The summed E-state index contributed by atoms with van der Waals surface area (Å²) in [6, 6.07) is 0. The molecule has 2 heterocycles. The molecule has 0 bridgehead atoms. The van der Waals surface area contributed by atoms with Crippen molar-refractivity contribution >= 4 is 24.2 Å². The number of alkyl halides is 3. The fourth-order valence-corrected chi connectivity index (χ4v) is 4.79. The zero-order chi connectivity index (χ0) is 19.7. The number of piperidine rings is 2. The van der Waals surface area contributed by atoms with E-state index in [0.29, 0.717) is 25.8 Å². The van der Waals surface area contributed by atoms with Gasteiger partial charge in [-0.05, 0) is 57.0 Å².